The van der Waals surface area contributed by atoms with Crippen LogP contribution in [0.3, 0.4) is 0 Å². The summed E-state index contributed by atoms with van der Waals surface area (Å²) in [7, 11) is 0. The summed E-state index contributed by atoms with van der Waals surface area (Å²) < 4.78 is 28.8. The number of nitrogens with one attached hydrogen (secondary N) is 1. The van der Waals surface area contributed by atoms with Crippen LogP contribution in [0.4, 0.5) is 14.5 Å². The summed E-state index contributed by atoms with van der Waals surface area (Å²) in [6.45, 7) is 1.31. The first kappa shape index (κ1) is 18.6. The van der Waals surface area contributed by atoms with Crippen LogP contribution in [-0.2, 0) is 6.42 Å². The number of rotatable bonds is 7. The lowest BCUT2D eigenvalue weighted by Crippen LogP contribution is -2.46. The number of aromatic nitrogens is 1. The third kappa shape index (κ3) is 5.39. The van der Waals surface area contributed by atoms with Crippen molar-refractivity contribution in [3.63, 3.8) is 0 Å². The van der Waals surface area contributed by atoms with Gasteiger partial charge in [-0.2, -0.15) is 8.78 Å². The van der Waals surface area contributed by atoms with Crippen molar-refractivity contribution in [2.24, 2.45) is 0 Å². The highest BCUT2D eigenvalue weighted by atomic mass is 19.3. The number of piperidine rings is 1. The SMILES string of the molecule is CC(Cc1ccccn1)NC1CCN(c2ccc(OC(F)F)cc2)CC1. The first-order valence-electron chi connectivity index (χ1n) is 9.06. The molecule has 1 fully saturated rings. The van der Waals surface area contributed by atoms with Crippen molar-refractivity contribution in [2.75, 3.05) is 18.0 Å². The van der Waals surface area contributed by atoms with Crippen LogP contribution in [0.15, 0.2) is 48.7 Å². The van der Waals surface area contributed by atoms with Crippen LogP contribution in [0.1, 0.15) is 25.5 Å². The Kier molecular flexibility index (Phi) is 6.39. The first-order chi connectivity index (χ1) is 12.6. The summed E-state index contributed by atoms with van der Waals surface area (Å²) in [5, 5.41) is 3.70. The van der Waals surface area contributed by atoms with E-state index < -0.39 is 6.61 Å². The maximum absolute atomic E-state index is 12.2. The van der Waals surface area contributed by atoms with E-state index in [0.29, 0.717) is 12.1 Å². The molecule has 0 radical (unpaired) electrons. The minimum absolute atomic E-state index is 0.198. The molecule has 1 aromatic carbocycles. The van der Waals surface area contributed by atoms with Crippen LogP contribution in [0.2, 0.25) is 0 Å². The van der Waals surface area contributed by atoms with Crippen LogP contribution in [0, 0.1) is 0 Å². The molecule has 26 heavy (non-hydrogen) atoms. The van der Waals surface area contributed by atoms with Crippen LogP contribution >= 0.6 is 0 Å². The van der Waals surface area contributed by atoms with Crippen LogP contribution in [0.25, 0.3) is 0 Å². The van der Waals surface area contributed by atoms with E-state index in [1.165, 1.54) is 0 Å². The van der Waals surface area contributed by atoms with Crippen LogP contribution in [0.5, 0.6) is 5.75 Å². The van der Waals surface area contributed by atoms with Gasteiger partial charge in [0.2, 0.25) is 0 Å². The van der Waals surface area contributed by atoms with Gasteiger partial charge in [0.1, 0.15) is 5.75 Å². The van der Waals surface area contributed by atoms with Crippen molar-refractivity contribution >= 4 is 5.69 Å². The highest BCUT2D eigenvalue weighted by molar-refractivity contribution is 5.49. The molecule has 6 heteroatoms. The second-order valence-corrected chi connectivity index (χ2v) is 6.73. The fourth-order valence-corrected chi connectivity index (χ4v) is 3.44. The molecule has 0 spiro atoms. The molecule has 1 aliphatic rings. The first-order valence-corrected chi connectivity index (χ1v) is 9.06. The van der Waals surface area contributed by atoms with E-state index in [-0.39, 0.29) is 5.75 Å². The summed E-state index contributed by atoms with van der Waals surface area (Å²) in [4.78, 5) is 6.67. The molecule has 1 unspecified atom stereocenters. The molecule has 1 atom stereocenters. The Morgan fingerprint density at radius 3 is 2.50 bits per heavy atom. The van der Waals surface area contributed by atoms with Crippen LogP contribution < -0.4 is 15.0 Å². The number of hydrogen-bond donors (Lipinski definition) is 1. The van der Waals surface area contributed by atoms with Gasteiger partial charge < -0.3 is 15.0 Å². The maximum Gasteiger partial charge on any atom is 0.387 e. The summed E-state index contributed by atoms with van der Waals surface area (Å²) in [5.41, 5.74) is 2.16. The van der Waals surface area contributed by atoms with Crippen molar-refractivity contribution in [1.82, 2.24) is 10.3 Å². The van der Waals surface area contributed by atoms with Gasteiger partial charge in [0.25, 0.3) is 0 Å². The van der Waals surface area contributed by atoms with E-state index in [1.54, 1.807) is 12.1 Å². The molecule has 1 N–H and O–H groups in total. The second-order valence-electron chi connectivity index (χ2n) is 6.73. The standard InChI is InChI=1S/C20H25F2N3O/c1-15(14-17-4-2-3-11-23-17)24-16-9-12-25(13-10-16)18-5-7-19(8-6-18)26-20(21)22/h2-8,11,15-16,20,24H,9-10,12-14H2,1H3. The smallest absolute Gasteiger partial charge is 0.387 e. The topological polar surface area (TPSA) is 37.4 Å². The summed E-state index contributed by atoms with van der Waals surface area (Å²) >= 11 is 0. The van der Waals surface area contributed by atoms with E-state index in [9.17, 15) is 8.78 Å². The highest BCUT2D eigenvalue weighted by Gasteiger charge is 2.21. The Morgan fingerprint density at radius 1 is 1.15 bits per heavy atom. The predicted octanol–water partition coefficient (Wildman–Crippen LogP) is 3.87. The molecule has 4 nitrogen and oxygen atoms in total. The Labute approximate surface area is 153 Å². The van der Waals surface area contributed by atoms with Crippen molar-refractivity contribution < 1.29 is 13.5 Å². The van der Waals surface area contributed by atoms with Crippen molar-refractivity contribution in [2.45, 2.75) is 44.9 Å². The van der Waals surface area contributed by atoms with Gasteiger partial charge in [0.15, 0.2) is 0 Å². The number of pyridine rings is 1. The van der Waals surface area contributed by atoms with Gasteiger partial charge in [0, 0.05) is 49.2 Å². The Bertz CT molecular complexity index is 659. The number of nitrogens with zero attached hydrogens (tertiary/aromatic N) is 2. The third-order valence-electron chi connectivity index (χ3n) is 4.68. The molecule has 0 aliphatic carbocycles. The largest absolute Gasteiger partial charge is 0.435 e. The number of hydrogen-bond acceptors (Lipinski definition) is 4. The lowest BCUT2D eigenvalue weighted by atomic mass is 10.0. The molecule has 0 bridgehead atoms. The normalized spacial score (nSPS) is 16.7. The highest BCUT2D eigenvalue weighted by Crippen LogP contribution is 2.24. The molecule has 3 rings (SSSR count). The van der Waals surface area contributed by atoms with Gasteiger partial charge in [-0.3, -0.25) is 4.98 Å². The zero-order valence-electron chi connectivity index (χ0n) is 14.9. The summed E-state index contributed by atoms with van der Waals surface area (Å²) in [6, 6.07) is 13.8. The van der Waals surface area contributed by atoms with E-state index in [2.05, 4.69) is 32.9 Å². The Hall–Kier alpha value is -2.21. The minimum Gasteiger partial charge on any atom is -0.435 e. The number of alkyl halides is 2. The molecule has 140 valence electrons. The van der Waals surface area contributed by atoms with E-state index >= 15 is 0 Å². The maximum atomic E-state index is 12.2. The molecule has 0 saturated carbocycles. The lowest BCUT2D eigenvalue weighted by Gasteiger charge is -2.35. The molecule has 1 aromatic heterocycles. The van der Waals surface area contributed by atoms with Crippen LogP contribution in [-0.4, -0.2) is 36.8 Å². The lowest BCUT2D eigenvalue weighted by molar-refractivity contribution is -0.0498. The number of ether oxygens (including phenoxy) is 1. The van der Waals surface area contributed by atoms with Crippen molar-refractivity contribution in [1.29, 1.82) is 0 Å². The van der Waals surface area contributed by atoms with Crippen molar-refractivity contribution in [3.8, 4) is 5.75 Å². The van der Waals surface area contributed by atoms with E-state index in [1.807, 2.05) is 30.5 Å². The molecule has 2 heterocycles. The quantitative estimate of drug-likeness (QED) is 0.812. The Morgan fingerprint density at radius 2 is 1.88 bits per heavy atom. The van der Waals surface area contributed by atoms with Gasteiger partial charge in [-0.15, -0.1) is 0 Å². The fourth-order valence-electron chi connectivity index (χ4n) is 3.44. The van der Waals surface area contributed by atoms with Crippen molar-refractivity contribution in [3.05, 3.63) is 54.4 Å². The molecule has 1 saturated heterocycles. The van der Waals surface area contributed by atoms with E-state index in [4.69, 9.17) is 0 Å². The van der Waals surface area contributed by atoms with Gasteiger partial charge in [-0.1, -0.05) is 6.07 Å². The molecule has 1 aliphatic heterocycles. The minimum atomic E-state index is -2.78. The third-order valence-corrected chi connectivity index (χ3v) is 4.68. The zero-order chi connectivity index (χ0) is 18.4. The number of halogens is 2. The molecule has 2 aromatic rings. The van der Waals surface area contributed by atoms with Gasteiger partial charge in [0.05, 0.1) is 0 Å². The molecule has 0 amide bonds. The van der Waals surface area contributed by atoms with Gasteiger partial charge in [-0.05, 0) is 56.2 Å². The van der Waals surface area contributed by atoms with Gasteiger partial charge >= 0.3 is 6.61 Å². The zero-order valence-corrected chi connectivity index (χ0v) is 14.9. The number of anilines is 1. The van der Waals surface area contributed by atoms with E-state index in [0.717, 1.165) is 43.7 Å². The number of benzene rings is 1. The molecular weight excluding hydrogens is 336 g/mol. The fraction of sp³-hybridized carbons (Fsp3) is 0.450. The summed E-state index contributed by atoms with van der Waals surface area (Å²) in [5.74, 6) is 0.198. The average molecular weight is 361 g/mol. The average Bonchev–Trinajstić information content (AvgIpc) is 2.63. The summed E-state index contributed by atoms with van der Waals surface area (Å²) in [6.07, 6.45) is 4.87. The predicted molar refractivity (Wildman–Crippen MR) is 98.8 cm³/mol. The molecular formula is C20H25F2N3O. The second kappa shape index (κ2) is 8.94. The van der Waals surface area contributed by atoms with Gasteiger partial charge in [-0.25, -0.2) is 0 Å². The Balaban J connectivity index is 1.45. The monoisotopic (exact) mass is 361 g/mol.